The molecule has 2 fully saturated rings. The summed E-state index contributed by atoms with van der Waals surface area (Å²) in [6, 6.07) is 10.2. The first-order valence-corrected chi connectivity index (χ1v) is 17.0. The van der Waals surface area contributed by atoms with E-state index in [0.29, 0.717) is 13.0 Å². The van der Waals surface area contributed by atoms with Crippen LogP contribution in [0.15, 0.2) is 30.3 Å². The Labute approximate surface area is 251 Å². The van der Waals surface area contributed by atoms with Gasteiger partial charge in [-0.1, -0.05) is 134 Å². The molecule has 0 spiro atoms. The minimum Gasteiger partial charge on any atom is -0.396 e. The van der Waals surface area contributed by atoms with E-state index >= 15 is 0 Å². The van der Waals surface area contributed by atoms with Crippen molar-refractivity contribution < 1.29 is 24.1 Å². The number of nitrogens with one attached hydrogen (secondary N) is 1. The number of benzene rings is 1. The molecule has 3 rings (SSSR count). The molecule has 236 valence electrons. The van der Waals surface area contributed by atoms with Gasteiger partial charge in [0.05, 0.1) is 6.61 Å². The number of ether oxygens (including phenoxy) is 4. The molecule has 0 bridgehead atoms. The van der Waals surface area contributed by atoms with Gasteiger partial charge >= 0.3 is 0 Å². The van der Waals surface area contributed by atoms with E-state index in [4.69, 9.17) is 18.9 Å². The van der Waals surface area contributed by atoms with Crippen LogP contribution in [0.2, 0.25) is 0 Å². The Bertz CT molecular complexity index is 775. The third kappa shape index (κ3) is 13.0. The summed E-state index contributed by atoms with van der Waals surface area (Å²) in [4.78, 5) is 0. The molecule has 0 saturated carbocycles. The van der Waals surface area contributed by atoms with Crippen molar-refractivity contribution in [1.29, 1.82) is 0 Å². The largest absolute Gasteiger partial charge is 0.396 e. The van der Waals surface area contributed by atoms with E-state index in [2.05, 4.69) is 24.4 Å². The van der Waals surface area contributed by atoms with Gasteiger partial charge in [0.15, 0.2) is 12.1 Å². The van der Waals surface area contributed by atoms with E-state index in [0.717, 1.165) is 18.5 Å². The second kappa shape index (κ2) is 20.0. The van der Waals surface area contributed by atoms with Gasteiger partial charge in [-0.05, 0) is 38.8 Å². The van der Waals surface area contributed by atoms with Crippen molar-refractivity contribution in [3.05, 3.63) is 35.9 Å². The summed E-state index contributed by atoms with van der Waals surface area (Å²) in [7, 11) is 0. The van der Waals surface area contributed by atoms with Crippen LogP contribution in [0.1, 0.15) is 135 Å². The van der Waals surface area contributed by atoms with Gasteiger partial charge in [0.1, 0.15) is 18.3 Å². The molecule has 2 saturated heterocycles. The van der Waals surface area contributed by atoms with Crippen molar-refractivity contribution in [3.8, 4) is 0 Å². The Balaban J connectivity index is 1.28. The molecule has 0 aliphatic carbocycles. The Morgan fingerprint density at radius 1 is 0.805 bits per heavy atom. The Morgan fingerprint density at radius 2 is 1.37 bits per heavy atom. The molecule has 2 N–H and O–H groups in total. The zero-order chi connectivity index (χ0) is 29.2. The summed E-state index contributed by atoms with van der Waals surface area (Å²) in [6.45, 7) is 7.62. The fourth-order valence-electron chi connectivity index (χ4n) is 6.27. The van der Waals surface area contributed by atoms with Crippen molar-refractivity contribution in [2.75, 3.05) is 13.2 Å². The summed E-state index contributed by atoms with van der Waals surface area (Å²) in [5.41, 5.74) is 1.12. The van der Waals surface area contributed by atoms with E-state index < -0.39 is 12.1 Å². The zero-order valence-corrected chi connectivity index (χ0v) is 26.5. The van der Waals surface area contributed by atoms with Crippen LogP contribution in [-0.2, 0) is 25.6 Å². The van der Waals surface area contributed by atoms with Crippen LogP contribution in [0.3, 0.4) is 0 Å². The molecule has 6 heteroatoms. The Morgan fingerprint density at radius 3 is 1.93 bits per heavy atom. The second-order valence-corrected chi connectivity index (χ2v) is 12.7. The molecule has 41 heavy (non-hydrogen) atoms. The molecule has 2 aliphatic heterocycles. The number of hydrogen-bond donors (Lipinski definition) is 2. The van der Waals surface area contributed by atoms with Gasteiger partial charge < -0.3 is 29.4 Å². The van der Waals surface area contributed by atoms with E-state index in [-0.39, 0.29) is 31.0 Å². The molecule has 5 atom stereocenters. The van der Waals surface area contributed by atoms with Crippen LogP contribution in [0, 0.1) is 0 Å². The number of fused-ring (bicyclic) bond motifs is 1. The summed E-state index contributed by atoms with van der Waals surface area (Å²) >= 11 is 0. The minimum absolute atomic E-state index is 0.0157. The predicted octanol–water partition coefficient (Wildman–Crippen LogP) is 8.05. The topological polar surface area (TPSA) is 69.2 Å². The van der Waals surface area contributed by atoms with Crippen molar-refractivity contribution >= 4 is 0 Å². The lowest BCUT2D eigenvalue weighted by Crippen LogP contribution is -2.49. The fourth-order valence-corrected chi connectivity index (χ4v) is 6.27. The minimum atomic E-state index is -0.692. The molecular formula is C35H61NO5. The average molecular weight is 576 g/mol. The normalized spacial score (nSPS) is 24.1. The first-order chi connectivity index (χ1) is 20.0. The lowest BCUT2D eigenvalue weighted by molar-refractivity contribution is -0.222. The number of hydrogen-bond acceptors (Lipinski definition) is 6. The van der Waals surface area contributed by atoms with Gasteiger partial charge in [0, 0.05) is 12.6 Å². The summed E-state index contributed by atoms with van der Waals surface area (Å²) in [5.74, 6) is -0.692. The average Bonchev–Trinajstić information content (AvgIpc) is 3.44. The van der Waals surface area contributed by atoms with Gasteiger partial charge in [-0.3, -0.25) is 0 Å². The van der Waals surface area contributed by atoms with E-state index in [9.17, 15) is 5.11 Å². The van der Waals surface area contributed by atoms with Crippen LogP contribution in [-0.4, -0.2) is 54.7 Å². The third-order valence-electron chi connectivity index (χ3n) is 8.59. The molecule has 2 heterocycles. The predicted molar refractivity (Wildman–Crippen MR) is 167 cm³/mol. The fraction of sp³-hybridized carbons (Fsp3) is 0.829. The maximum atomic E-state index is 9.82. The van der Waals surface area contributed by atoms with Crippen LogP contribution in [0.25, 0.3) is 0 Å². The van der Waals surface area contributed by atoms with Gasteiger partial charge in [-0.15, -0.1) is 0 Å². The summed E-state index contributed by atoms with van der Waals surface area (Å²) in [5, 5.41) is 13.5. The number of unbranched alkanes of at least 4 members (excludes halogenated alkanes) is 15. The monoisotopic (exact) mass is 575 g/mol. The van der Waals surface area contributed by atoms with Gasteiger partial charge in [0.25, 0.3) is 0 Å². The molecule has 2 aliphatic rings. The Kier molecular flexibility index (Phi) is 16.8. The Hall–Kier alpha value is -1.02. The van der Waals surface area contributed by atoms with Crippen LogP contribution in [0.4, 0.5) is 0 Å². The maximum absolute atomic E-state index is 9.82. The van der Waals surface area contributed by atoms with E-state index in [1.54, 1.807) is 0 Å². The highest BCUT2D eigenvalue weighted by Gasteiger charge is 2.56. The molecule has 0 radical (unpaired) electrons. The van der Waals surface area contributed by atoms with Crippen molar-refractivity contribution in [2.24, 2.45) is 0 Å². The molecule has 6 nitrogen and oxygen atoms in total. The van der Waals surface area contributed by atoms with E-state index in [1.165, 1.54) is 96.3 Å². The number of aliphatic hydroxyl groups excluding tert-OH is 1. The summed E-state index contributed by atoms with van der Waals surface area (Å²) in [6.07, 6.45) is 21.3. The van der Waals surface area contributed by atoms with Gasteiger partial charge in [-0.2, -0.15) is 0 Å². The van der Waals surface area contributed by atoms with Crippen LogP contribution < -0.4 is 5.32 Å². The highest BCUT2D eigenvalue weighted by molar-refractivity contribution is 5.13. The lowest BCUT2D eigenvalue weighted by atomic mass is 10.00. The van der Waals surface area contributed by atoms with Crippen LogP contribution in [0.5, 0.6) is 0 Å². The molecule has 4 unspecified atom stereocenters. The maximum Gasteiger partial charge on any atom is 0.190 e. The second-order valence-electron chi connectivity index (χ2n) is 12.7. The lowest BCUT2D eigenvalue weighted by Gasteiger charge is -2.31. The van der Waals surface area contributed by atoms with E-state index in [1.807, 2.05) is 32.0 Å². The smallest absolute Gasteiger partial charge is 0.190 e. The highest BCUT2D eigenvalue weighted by Crippen LogP contribution is 2.40. The van der Waals surface area contributed by atoms with Gasteiger partial charge in [0.2, 0.25) is 0 Å². The van der Waals surface area contributed by atoms with Crippen molar-refractivity contribution in [3.63, 3.8) is 0 Å². The zero-order valence-electron chi connectivity index (χ0n) is 26.5. The first-order valence-electron chi connectivity index (χ1n) is 17.0. The first kappa shape index (κ1) is 34.5. The van der Waals surface area contributed by atoms with Crippen molar-refractivity contribution in [1.82, 2.24) is 5.32 Å². The highest BCUT2D eigenvalue weighted by atomic mass is 16.8. The molecule has 1 aromatic rings. The molecule has 1 aromatic carbocycles. The van der Waals surface area contributed by atoms with Crippen molar-refractivity contribution in [2.45, 2.75) is 173 Å². The number of aliphatic hydroxyl groups is 1. The summed E-state index contributed by atoms with van der Waals surface area (Å²) < 4.78 is 25.0. The SMILES string of the molecule is CCCCCCCCCCCCCCCCCCNC(CCO)C1OC2OC(C)(C)OC2[C@@H]1OCc1ccccc1. The molecule has 0 amide bonds. The molecule has 0 aromatic heterocycles. The number of rotatable bonds is 24. The van der Waals surface area contributed by atoms with Gasteiger partial charge in [-0.25, -0.2) is 0 Å². The third-order valence-corrected chi connectivity index (χ3v) is 8.59. The van der Waals surface area contributed by atoms with Crippen LogP contribution >= 0.6 is 0 Å². The molecular weight excluding hydrogens is 514 g/mol. The standard InChI is InChI=1S/C35H61NO5/c1-4-5-6-7-8-9-10-11-12-13-14-15-16-17-18-22-26-36-30(25-27-37)31-32(38-28-29-23-20-19-21-24-29)33-34(39-31)41-35(2,3)40-33/h19-21,23-24,30-34,36-37H,4-18,22,25-28H2,1-3H3/t30?,31?,32-,33?,34?/m1/s1. The quantitative estimate of drug-likeness (QED) is 0.122.